The monoisotopic (exact) mass is 339 g/mol. The summed E-state index contributed by atoms with van der Waals surface area (Å²) in [7, 11) is 0. The Bertz CT molecular complexity index is 768. The molecule has 0 unspecified atom stereocenters. The van der Waals surface area contributed by atoms with Crippen LogP contribution in [0.5, 0.6) is 5.75 Å². The van der Waals surface area contributed by atoms with Crippen molar-refractivity contribution in [2.75, 3.05) is 13.1 Å². The van der Waals surface area contributed by atoms with Crippen LogP contribution in [0, 0.1) is 5.92 Å². The lowest BCUT2D eigenvalue weighted by atomic mass is 9.51. The standard InChI is InChI=1S/C21H25NO3/c23-16-5-4-15-10-19-21(25)7-6-17(24)12-20(21,18(15)11-16)8-9-22(19)13-14-2-1-3-14/h4-7,11,14,19,23,25H,1-3,8-10,12-13H2/t19-,20-,21+/m0/s1. The molecule has 3 atom stereocenters. The molecule has 0 amide bonds. The van der Waals surface area contributed by atoms with Crippen LogP contribution in [0.4, 0.5) is 0 Å². The van der Waals surface area contributed by atoms with Crippen molar-refractivity contribution in [3.05, 3.63) is 41.5 Å². The van der Waals surface area contributed by atoms with Gasteiger partial charge in [0.2, 0.25) is 0 Å². The van der Waals surface area contributed by atoms with Crippen LogP contribution in [-0.2, 0) is 16.6 Å². The predicted octanol–water partition coefficient (Wildman–Crippen LogP) is 2.32. The zero-order valence-electron chi connectivity index (χ0n) is 14.4. The Labute approximate surface area is 148 Å². The van der Waals surface area contributed by atoms with Gasteiger partial charge in [0.15, 0.2) is 5.78 Å². The van der Waals surface area contributed by atoms with E-state index in [4.69, 9.17) is 0 Å². The fourth-order valence-corrected chi connectivity index (χ4v) is 5.72. The first kappa shape index (κ1) is 15.6. The summed E-state index contributed by atoms with van der Waals surface area (Å²) in [5, 5.41) is 21.9. The van der Waals surface area contributed by atoms with Crippen molar-refractivity contribution >= 4 is 5.78 Å². The van der Waals surface area contributed by atoms with Crippen LogP contribution in [0.1, 0.15) is 43.2 Å². The number of benzene rings is 1. The number of hydrogen-bond donors (Lipinski definition) is 2. The Morgan fingerprint density at radius 2 is 2.12 bits per heavy atom. The van der Waals surface area contributed by atoms with Crippen molar-refractivity contribution in [2.45, 2.75) is 55.6 Å². The average molecular weight is 339 g/mol. The molecule has 1 aliphatic heterocycles. The van der Waals surface area contributed by atoms with Crippen LogP contribution >= 0.6 is 0 Å². The number of fused-ring (bicyclic) bond motifs is 1. The molecule has 2 N–H and O–H groups in total. The number of carbonyl (C=O) groups excluding carboxylic acids is 1. The number of rotatable bonds is 2. The number of carbonyl (C=O) groups is 1. The maximum absolute atomic E-state index is 12.3. The third-order valence-corrected chi connectivity index (χ3v) is 7.28. The molecule has 2 fully saturated rings. The number of phenolic OH excluding ortho intramolecular Hbond substituents is 1. The van der Waals surface area contributed by atoms with Gasteiger partial charge >= 0.3 is 0 Å². The van der Waals surface area contributed by atoms with Crippen molar-refractivity contribution < 1.29 is 15.0 Å². The van der Waals surface area contributed by atoms with E-state index in [1.807, 2.05) is 6.07 Å². The van der Waals surface area contributed by atoms with Crippen LogP contribution in [0.15, 0.2) is 30.4 Å². The molecule has 132 valence electrons. The zero-order chi connectivity index (χ0) is 17.2. The van der Waals surface area contributed by atoms with Crippen molar-refractivity contribution in [1.29, 1.82) is 0 Å². The fraction of sp³-hybridized carbons (Fsp3) is 0.571. The second kappa shape index (κ2) is 5.18. The van der Waals surface area contributed by atoms with Gasteiger partial charge in [0.05, 0.1) is 0 Å². The highest BCUT2D eigenvalue weighted by atomic mass is 16.3. The smallest absolute Gasteiger partial charge is 0.156 e. The molecular weight excluding hydrogens is 314 g/mol. The number of nitrogens with zero attached hydrogens (tertiary/aromatic N) is 1. The largest absolute Gasteiger partial charge is 0.508 e. The van der Waals surface area contributed by atoms with Gasteiger partial charge in [-0.2, -0.15) is 0 Å². The van der Waals surface area contributed by atoms with E-state index in [0.29, 0.717) is 6.42 Å². The molecule has 5 rings (SSSR count). The Balaban J connectivity index is 1.64. The van der Waals surface area contributed by atoms with E-state index in [2.05, 4.69) is 4.90 Å². The van der Waals surface area contributed by atoms with E-state index >= 15 is 0 Å². The molecule has 25 heavy (non-hydrogen) atoms. The number of aromatic hydroxyl groups is 1. The molecule has 0 aromatic heterocycles. The molecule has 1 saturated heterocycles. The van der Waals surface area contributed by atoms with Gasteiger partial charge < -0.3 is 10.2 Å². The van der Waals surface area contributed by atoms with Crippen LogP contribution in [0.3, 0.4) is 0 Å². The molecule has 4 nitrogen and oxygen atoms in total. The highest BCUT2D eigenvalue weighted by Gasteiger charge is 2.63. The van der Waals surface area contributed by atoms with E-state index in [1.165, 1.54) is 24.8 Å². The van der Waals surface area contributed by atoms with Crippen LogP contribution < -0.4 is 0 Å². The number of likely N-dealkylation sites (tertiary alicyclic amines) is 1. The van der Waals surface area contributed by atoms with Crippen molar-refractivity contribution in [3.8, 4) is 5.75 Å². The number of phenols is 1. The normalized spacial score (nSPS) is 37.3. The number of aliphatic hydroxyl groups is 1. The minimum atomic E-state index is -1.02. The van der Waals surface area contributed by atoms with Gasteiger partial charge in [0, 0.05) is 24.4 Å². The third kappa shape index (κ3) is 2.04. The highest BCUT2D eigenvalue weighted by molar-refractivity contribution is 5.93. The first-order valence-corrected chi connectivity index (χ1v) is 9.53. The van der Waals surface area contributed by atoms with Crippen molar-refractivity contribution in [3.63, 3.8) is 0 Å². The summed E-state index contributed by atoms with van der Waals surface area (Å²) in [6.45, 7) is 1.97. The molecule has 1 aromatic rings. The topological polar surface area (TPSA) is 60.8 Å². The second-order valence-corrected chi connectivity index (χ2v) is 8.49. The predicted molar refractivity (Wildman–Crippen MR) is 94.5 cm³/mol. The minimum Gasteiger partial charge on any atom is -0.508 e. The van der Waals surface area contributed by atoms with Crippen LogP contribution in [0.25, 0.3) is 0 Å². The van der Waals surface area contributed by atoms with E-state index in [1.54, 1.807) is 24.3 Å². The van der Waals surface area contributed by atoms with Gasteiger partial charge in [-0.3, -0.25) is 9.69 Å². The Morgan fingerprint density at radius 1 is 1.28 bits per heavy atom. The van der Waals surface area contributed by atoms with Gasteiger partial charge in [0.1, 0.15) is 11.4 Å². The minimum absolute atomic E-state index is 0.0169. The SMILES string of the molecule is O=C1C=C[C@@]2(O)[C@@H]3Cc4ccc(O)cc4[C@]2(CCN3CC2CCC2)C1. The first-order valence-electron chi connectivity index (χ1n) is 9.53. The first-order chi connectivity index (χ1) is 12.0. The Hall–Kier alpha value is -1.65. The van der Waals surface area contributed by atoms with E-state index < -0.39 is 11.0 Å². The van der Waals surface area contributed by atoms with E-state index in [-0.39, 0.29) is 17.6 Å². The molecule has 1 saturated carbocycles. The number of ketones is 1. The molecule has 1 aromatic carbocycles. The zero-order valence-corrected chi connectivity index (χ0v) is 14.4. The van der Waals surface area contributed by atoms with E-state index in [9.17, 15) is 15.0 Å². The van der Waals surface area contributed by atoms with Crippen LogP contribution in [0.2, 0.25) is 0 Å². The summed E-state index contributed by atoms with van der Waals surface area (Å²) in [4.78, 5) is 14.8. The lowest BCUT2D eigenvalue weighted by molar-refractivity contribution is -0.140. The number of allylic oxidation sites excluding steroid dienone is 1. The number of piperidine rings is 1. The molecule has 0 radical (unpaired) electrons. The van der Waals surface area contributed by atoms with Gasteiger partial charge in [-0.25, -0.2) is 0 Å². The van der Waals surface area contributed by atoms with Gasteiger partial charge in [-0.15, -0.1) is 0 Å². The quantitative estimate of drug-likeness (QED) is 0.868. The maximum Gasteiger partial charge on any atom is 0.156 e. The average Bonchev–Trinajstić information content (AvgIpc) is 2.54. The summed E-state index contributed by atoms with van der Waals surface area (Å²) in [5.74, 6) is 1.05. The Kier molecular flexibility index (Phi) is 3.23. The molecule has 1 heterocycles. The lowest BCUT2D eigenvalue weighted by Gasteiger charge is -2.62. The number of hydrogen-bond acceptors (Lipinski definition) is 4. The van der Waals surface area contributed by atoms with Gasteiger partial charge in [0.25, 0.3) is 0 Å². The molecule has 0 spiro atoms. The second-order valence-electron chi connectivity index (χ2n) is 8.49. The van der Waals surface area contributed by atoms with E-state index in [0.717, 1.165) is 37.4 Å². The molecule has 4 aliphatic rings. The summed E-state index contributed by atoms with van der Waals surface area (Å²) in [5.41, 5.74) is 0.538. The Morgan fingerprint density at radius 3 is 2.88 bits per heavy atom. The van der Waals surface area contributed by atoms with Crippen molar-refractivity contribution in [2.24, 2.45) is 5.92 Å². The molecular formula is C21H25NO3. The third-order valence-electron chi connectivity index (χ3n) is 7.28. The summed E-state index contributed by atoms with van der Waals surface area (Å²) >= 11 is 0. The van der Waals surface area contributed by atoms with Crippen LogP contribution in [-0.4, -0.2) is 45.6 Å². The molecule has 3 aliphatic carbocycles. The summed E-state index contributed by atoms with van der Waals surface area (Å²) < 4.78 is 0. The fourth-order valence-electron chi connectivity index (χ4n) is 5.72. The maximum atomic E-state index is 12.3. The van der Waals surface area contributed by atoms with Gasteiger partial charge in [-0.05, 0) is 73.6 Å². The molecule has 2 bridgehead atoms. The van der Waals surface area contributed by atoms with Crippen molar-refractivity contribution in [1.82, 2.24) is 4.90 Å². The summed E-state index contributed by atoms with van der Waals surface area (Å²) in [6, 6.07) is 5.51. The highest BCUT2D eigenvalue weighted by Crippen LogP contribution is 2.56. The van der Waals surface area contributed by atoms with Gasteiger partial charge in [-0.1, -0.05) is 12.5 Å². The lowest BCUT2D eigenvalue weighted by Crippen LogP contribution is -2.72. The molecule has 4 heteroatoms. The summed E-state index contributed by atoms with van der Waals surface area (Å²) in [6.07, 6.45) is 9.14.